The molecule has 0 saturated carbocycles. The summed E-state index contributed by atoms with van der Waals surface area (Å²) in [7, 11) is 1.31. The zero-order chi connectivity index (χ0) is 16.8. The predicted molar refractivity (Wildman–Crippen MR) is 93.2 cm³/mol. The maximum absolute atomic E-state index is 12.4. The highest BCUT2D eigenvalue weighted by Gasteiger charge is 2.31. The molecule has 0 bridgehead atoms. The lowest BCUT2D eigenvalue weighted by molar-refractivity contribution is -0.141. The van der Waals surface area contributed by atoms with Crippen molar-refractivity contribution in [3.63, 3.8) is 0 Å². The van der Waals surface area contributed by atoms with Crippen LogP contribution >= 0.6 is 24.0 Å². The van der Waals surface area contributed by atoms with Gasteiger partial charge in [0.2, 0.25) is 5.91 Å². The van der Waals surface area contributed by atoms with E-state index in [4.69, 9.17) is 26.8 Å². The number of halogens is 2. The van der Waals surface area contributed by atoms with E-state index >= 15 is 0 Å². The number of rotatable bonds is 6. The average molecular weight is 377 g/mol. The summed E-state index contributed by atoms with van der Waals surface area (Å²) in [6, 6.07) is 6.48. The summed E-state index contributed by atoms with van der Waals surface area (Å²) < 4.78 is 10.3. The number of ether oxygens (including phenoxy) is 2. The molecule has 6 nitrogen and oxygen atoms in total. The second-order valence-electron chi connectivity index (χ2n) is 5.45. The number of methoxy groups -OCH3 is 1. The lowest BCUT2D eigenvalue weighted by Crippen LogP contribution is -2.38. The van der Waals surface area contributed by atoms with Crippen LogP contribution in [-0.2, 0) is 19.1 Å². The maximum Gasteiger partial charge on any atom is 0.307 e. The molecule has 0 aliphatic carbocycles. The fraction of sp³-hybridized carbons (Fsp3) is 0.500. The predicted octanol–water partition coefficient (Wildman–Crippen LogP) is 1.99. The Kier molecular flexibility index (Phi) is 8.48. The summed E-state index contributed by atoms with van der Waals surface area (Å²) in [4.78, 5) is 24.0. The van der Waals surface area contributed by atoms with Gasteiger partial charge in [-0.05, 0) is 30.5 Å². The third kappa shape index (κ3) is 5.63. The lowest BCUT2D eigenvalue weighted by Gasteiger charge is -2.21. The van der Waals surface area contributed by atoms with Crippen LogP contribution in [0.3, 0.4) is 0 Å². The molecule has 134 valence electrons. The molecule has 0 unspecified atom stereocenters. The van der Waals surface area contributed by atoms with Gasteiger partial charge in [0.15, 0.2) is 0 Å². The van der Waals surface area contributed by atoms with Crippen LogP contribution in [0.2, 0.25) is 5.02 Å². The van der Waals surface area contributed by atoms with Crippen molar-refractivity contribution in [2.75, 3.05) is 13.7 Å². The quantitative estimate of drug-likeness (QED) is 0.740. The van der Waals surface area contributed by atoms with Crippen molar-refractivity contribution >= 4 is 35.9 Å². The van der Waals surface area contributed by atoms with Crippen molar-refractivity contribution in [3.05, 3.63) is 34.9 Å². The van der Waals surface area contributed by atoms with Crippen molar-refractivity contribution in [1.29, 1.82) is 0 Å². The minimum atomic E-state index is -0.531. The highest BCUT2D eigenvalue weighted by atomic mass is 35.5. The zero-order valence-electron chi connectivity index (χ0n) is 13.4. The van der Waals surface area contributed by atoms with Crippen LogP contribution in [0.1, 0.15) is 30.9 Å². The van der Waals surface area contributed by atoms with Crippen LogP contribution in [0, 0.1) is 0 Å². The first-order valence-electron chi connectivity index (χ1n) is 7.51. The van der Waals surface area contributed by atoms with Gasteiger partial charge in [-0.15, -0.1) is 12.4 Å². The van der Waals surface area contributed by atoms with Crippen LogP contribution < -0.4 is 11.1 Å². The van der Waals surface area contributed by atoms with Gasteiger partial charge in [-0.3, -0.25) is 9.59 Å². The minimum Gasteiger partial charge on any atom is -0.469 e. The molecular formula is C16H22Cl2N2O4. The number of carbonyl (C=O) groups is 2. The van der Waals surface area contributed by atoms with Crippen LogP contribution in [0.5, 0.6) is 0 Å². The van der Waals surface area contributed by atoms with Crippen LogP contribution in [0.15, 0.2) is 24.3 Å². The molecule has 1 saturated heterocycles. The standard InChI is InChI=1S/C16H21ClN2O4.ClH/c1-22-15(20)8-13(10-2-4-11(17)5-3-10)19-16(21)14-7-6-12(9-18)23-14;/h2-5,12-14H,6-9,18H2,1H3,(H,19,21);1H/t12-,13+,14+;/m1./s1. The van der Waals surface area contributed by atoms with E-state index in [9.17, 15) is 9.59 Å². The van der Waals surface area contributed by atoms with E-state index in [2.05, 4.69) is 5.32 Å². The molecule has 1 fully saturated rings. The Hall–Kier alpha value is -1.34. The second kappa shape index (κ2) is 9.84. The van der Waals surface area contributed by atoms with Crippen molar-refractivity contribution < 1.29 is 19.1 Å². The van der Waals surface area contributed by atoms with Gasteiger partial charge in [-0.2, -0.15) is 0 Å². The molecule has 0 spiro atoms. The second-order valence-corrected chi connectivity index (χ2v) is 5.89. The summed E-state index contributed by atoms with van der Waals surface area (Å²) in [6.07, 6.45) is 0.809. The van der Waals surface area contributed by atoms with Gasteiger partial charge in [0.25, 0.3) is 0 Å². The Balaban J connectivity index is 0.00000288. The van der Waals surface area contributed by atoms with E-state index in [1.807, 2.05) is 0 Å². The van der Waals surface area contributed by atoms with Crippen LogP contribution in [0.4, 0.5) is 0 Å². The molecule has 24 heavy (non-hydrogen) atoms. The Bertz CT molecular complexity index is 554. The fourth-order valence-corrected chi connectivity index (χ4v) is 2.66. The fourth-order valence-electron chi connectivity index (χ4n) is 2.53. The molecule has 1 aromatic carbocycles. The first kappa shape index (κ1) is 20.7. The van der Waals surface area contributed by atoms with Crippen LogP contribution in [-0.4, -0.2) is 37.7 Å². The number of nitrogens with one attached hydrogen (secondary N) is 1. The molecule has 1 aromatic rings. The number of hydrogen-bond donors (Lipinski definition) is 2. The maximum atomic E-state index is 12.4. The molecule has 1 aliphatic heterocycles. The van der Waals surface area contributed by atoms with E-state index in [0.29, 0.717) is 18.0 Å². The van der Waals surface area contributed by atoms with Gasteiger partial charge in [0, 0.05) is 11.6 Å². The number of amides is 1. The highest BCUT2D eigenvalue weighted by molar-refractivity contribution is 6.30. The normalized spacial score (nSPS) is 20.8. The SMILES string of the molecule is COC(=O)C[C@H](NC(=O)[C@@H]1CC[C@H](CN)O1)c1ccc(Cl)cc1.Cl. The molecule has 2 rings (SSSR count). The summed E-state index contributed by atoms with van der Waals surface area (Å²) in [5.74, 6) is -0.651. The topological polar surface area (TPSA) is 90.7 Å². The van der Waals surface area contributed by atoms with E-state index in [-0.39, 0.29) is 30.8 Å². The third-order valence-electron chi connectivity index (χ3n) is 3.85. The molecule has 8 heteroatoms. The molecular weight excluding hydrogens is 355 g/mol. The molecule has 0 radical (unpaired) electrons. The van der Waals surface area contributed by atoms with Crippen molar-refractivity contribution in [3.8, 4) is 0 Å². The van der Waals surface area contributed by atoms with Gasteiger partial charge in [0.1, 0.15) is 6.10 Å². The van der Waals surface area contributed by atoms with Gasteiger partial charge in [0.05, 0.1) is 25.7 Å². The number of hydrogen-bond acceptors (Lipinski definition) is 5. The van der Waals surface area contributed by atoms with Crippen molar-refractivity contribution in [2.45, 2.75) is 37.5 Å². The van der Waals surface area contributed by atoms with E-state index in [0.717, 1.165) is 12.0 Å². The molecule has 3 N–H and O–H groups in total. The Morgan fingerprint density at radius 2 is 2.04 bits per heavy atom. The van der Waals surface area contributed by atoms with Gasteiger partial charge in [-0.25, -0.2) is 0 Å². The number of esters is 1. The Labute approximate surface area is 152 Å². The minimum absolute atomic E-state index is 0. The molecule has 1 aliphatic rings. The van der Waals surface area contributed by atoms with Gasteiger partial charge in [-0.1, -0.05) is 23.7 Å². The largest absolute Gasteiger partial charge is 0.469 e. The number of carbonyl (C=O) groups excluding carboxylic acids is 2. The zero-order valence-corrected chi connectivity index (χ0v) is 14.9. The summed E-state index contributed by atoms with van der Waals surface area (Å²) in [5.41, 5.74) is 6.34. The third-order valence-corrected chi connectivity index (χ3v) is 4.10. The molecule has 1 heterocycles. The Morgan fingerprint density at radius 3 is 2.58 bits per heavy atom. The molecule has 0 aromatic heterocycles. The van der Waals surface area contributed by atoms with E-state index < -0.39 is 18.1 Å². The lowest BCUT2D eigenvalue weighted by atomic mass is 10.0. The van der Waals surface area contributed by atoms with E-state index in [1.165, 1.54) is 7.11 Å². The van der Waals surface area contributed by atoms with E-state index in [1.54, 1.807) is 24.3 Å². The van der Waals surface area contributed by atoms with Crippen LogP contribution in [0.25, 0.3) is 0 Å². The summed E-state index contributed by atoms with van der Waals surface area (Å²) in [6.45, 7) is 0.395. The molecule has 3 atom stereocenters. The average Bonchev–Trinajstić information content (AvgIpc) is 3.04. The monoisotopic (exact) mass is 376 g/mol. The first-order valence-corrected chi connectivity index (χ1v) is 7.89. The summed E-state index contributed by atoms with van der Waals surface area (Å²) >= 11 is 5.88. The first-order chi connectivity index (χ1) is 11.0. The van der Waals surface area contributed by atoms with Crippen molar-refractivity contribution in [1.82, 2.24) is 5.32 Å². The molecule has 1 amide bonds. The van der Waals surface area contributed by atoms with Gasteiger partial charge < -0.3 is 20.5 Å². The smallest absolute Gasteiger partial charge is 0.307 e. The highest BCUT2D eigenvalue weighted by Crippen LogP contribution is 2.23. The van der Waals surface area contributed by atoms with Gasteiger partial charge >= 0.3 is 5.97 Å². The number of benzene rings is 1. The Morgan fingerprint density at radius 1 is 1.38 bits per heavy atom. The number of nitrogens with two attached hydrogens (primary N) is 1. The summed E-state index contributed by atoms with van der Waals surface area (Å²) in [5, 5.41) is 3.44. The van der Waals surface area contributed by atoms with Crippen molar-refractivity contribution in [2.24, 2.45) is 5.73 Å².